The summed E-state index contributed by atoms with van der Waals surface area (Å²) in [5.41, 5.74) is 4.98. The van der Waals surface area contributed by atoms with Crippen LogP contribution in [0.1, 0.15) is 24.1 Å². The summed E-state index contributed by atoms with van der Waals surface area (Å²) in [6.07, 6.45) is 1.02. The highest BCUT2D eigenvalue weighted by molar-refractivity contribution is 5.70. The van der Waals surface area contributed by atoms with Crippen LogP contribution in [0.2, 0.25) is 0 Å². The van der Waals surface area contributed by atoms with E-state index in [1.165, 1.54) is 16.8 Å². The molecule has 2 aromatic carbocycles. The Morgan fingerprint density at radius 1 is 1.14 bits per heavy atom. The van der Waals surface area contributed by atoms with Crippen LogP contribution in [0.5, 0.6) is 5.75 Å². The van der Waals surface area contributed by atoms with Crippen molar-refractivity contribution in [3.8, 4) is 5.75 Å². The first-order valence-corrected chi connectivity index (χ1v) is 7.43. The number of anilines is 2. The highest BCUT2D eigenvalue weighted by atomic mass is 16.5. The first-order chi connectivity index (χ1) is 10.1. The molecule has 1 atom stereocenters. The van der Waals surface area contributed by atoms with Crippen LogP contribution < -0.4 is 15.0 Å². The van der Waals surface area contributed by atoms with Crippen molar-refractivity contribution in [1.82, 2.24) is 0 Å². The van der Waals surface area contributed by atoms with Crippen molar-refractivity contribution in [3.63, 3.8) is 0 Å². The number of nitrogens with zero attached hydrogens (tertiary/aromatic N) is 1. The quantitative estimate of drug-likeness (QED) is 0.921. The Labute approximate surface area is 126 Å². The molecule has 2 aromatic rings. The minimum absolute atomic E-state index is 0.261. The molecule has 0 fully saturated rings. The van der Waals surface area contributed by atoms with Gasteiger partial charge in [0.1, 0.15) is 5.75 Å². The molecular weight excluding hydrogens is 260 g/mol. The molecule has 3 nitrogen and oxygen atoms in total. The molecule has 1 N–H and O–H groups in total. The monoisotopic (exact) mass is 282 g/mol. The first kappa shape index (κ1) is 13.8. The molecular formula is C18H22N2O. The van der Waals surface area contributed by atoms with Crippen molar-refractivity contribution >= 4 is 11.4 Å². The summed E-state index contributed by atoms with van der Waals surface area (Å²) < 4.78 is 5.57. The summed E-state index contributed by atoms with van der Waals surface area (Å²) in [4.78, 5) is 2.13. The zero-order valence-corrected chi connectivity index (χ0v) is 12.9. The Hall–Kier alpha value is -2.16. The summed E-state index contributed by atoms with van der Waals surface area (Å²) in [6, 6.07) is 15.2. The normalized spacial score (nSPS) is 14.2. The van der Waals surface area contributed by atoms with E-state index < -0.39 is 0 Å². The second-order valence-electron chi connectivity index (χ2n) is 5.74. The molecule has 3 heteroatoms. The molecule has 0 aliphatic carbocycles. The molecule has 1 aliphatic heterocycles. The van der Waals surface area contributed by atoms with Crippen molar-refractivity contribution in [3.05, 3.63) is 53.6 Å². The fourth-order valence-electron chi connectivity index (χ4n) is 2.78. The zero-order chi connectivity index (χ0) is 14.8. The fraction of sp³-hybridized carbons (Fsp3) is 0.333. The number of ether oxygens (including phenoxy) is 1. The number of para-hydroxylation sites is 2. The smallest absolute Gasteiger partial charge is 0.122 e. The van der Waals surface area contributed by atoms with E-state index in [1.54, 1.807) is 0 Å². The van der Waals surface area contributed by atoms with Gasteiger partial charge in [-0.15, -0.1) is 0 Å². The van der Waals surface area contributed by atoms with Gasteiger partial charge in [-0.05, 0) is 42.3 Å². The third-order valence-electron chi connectivity index (χ3n) is 3.97. The maximum Gasteiger partial charge on any atom is 0.122 e. The first-order valence-electron chi connectivity index (χ1n) is 7.43. The van der Waals surface area contributed by atoms with Crippen LogP contribution >= 0.6 is 0 Å². The summed E-state index contributed by atoms with van der Waals surface area (Å²) in [5.74, 6) is 1.04. The van der Waals surface area contributed by atoms with Gasteiger partial charge in [0.25, 0.3) is 0 Å². The van der Waals surface area contributed by atoms with Crippen LogP contribution in [0.15, 0.2) is 42.5 Å². The van der Waals surface area contributed by atoms with Gasteiger partial charge in [0.05, 0.1) is 18.0 Å². The molecule has 21 heavy (non-hydrogen) atoms. The summed E-state index contributed by atoms with van der Waals surface area (Å²) in [7, 11) is 4.13. The molecule has 0 spiro atoms. The lowest BCUT2D eigenvalue weighted by atomic mass is 10.0. The Balaban J connectivity index is 1.82. The number of nitrogens with one attached hydrogen (secondary N) is 1. The van der Waals surface area contributed by atoms with E-state index in [0.717, 1.165) is 24.5 Å². The Kier molecular flexibility index (Phi) is 3.74. The van der Waals surface area contributed by atoms with Crippen LogP contribution in [-0.2, 0) is 6.42 Å². The number of rotatable bonds is 4. The maximum atomic E-state index is 5.57. The third-order valence-corrected chi connectivity index (χ3v) is 3.97. The van der Waals surface area contributed by atoms with E-state index in [-0.39, 0.29) is 6.04 Å². The summed E-state index contributed by atoms with van der Waals surface area (Å²) >= 11 is 0. The summed E-state index contributed by atoms with van der Waals surface area (Å²) in [5, 5.41) is 3.62. The number of hydrogen-bond acceptors (Lipinski definition) is 3. The second-order valence-corrected chi connectivity index (χ2v) is 5.74. The average molecular weight is 282 g/mol. The van der Waals surface area contributed by atoms with Crippen molar-refractivity contribution in [2.24, 2.45) is 0 Å². The molecule has 0 aromatic heterocycles. The van der Waals surface area contributed by atoms with Crippen molar-refractivity contribution in [1.29, 1.82) is 0 Å². The van der Waals surface area contributed by atoms with E-state index in [0.29, 0.717) is 0 Å². The van der Waals surface area contributed by atoms with Gasteiger partial charge < -0.3 is 15.0 Å². The van der Waals surface area contributed by atoms with Gasteiger partial charge in [-0.1, -0.05) is 18.2 Å². The van der Waals surface area contributed by atoms with Gasteiger partial charge in [-0.3, -0.25) is 0 Å². The molecule has 0 saturated carbocycles. The molecule has 0 saturated heterocycles. The van der Waals surface area contributed by atoms with Gasteiger partial charge in [-0.25, -0.2) is 0 Å². The average Bonchev–Trinajstić information content (AvgIpc) is 2.94. The van der Waals surface area contributed by atoms with Crippen LogP contribution in [0.3, 0.4) is 0 Å². The van der Waals surface area contributed by atoms with Crippen LogP contribution in [0.4, 0.5) is 11.4 Å². The van der Waals surface area contributed by atoms with Crippen LogP contribution in [0.25, 0.3) is 0 Å². The van der Waals surface area contributed by atoms with Gasteiger partial charge in [-0.2, -0.15) is 0 Å². The molecule has 3 rings (SSSR count). The Bertz CT molecular complexity index is 637. The number of hydrogen-bond donors (Lipinski definition) is 1. The van der Waals surface area contributed by atoms with Crippen LogP contribution in [-0.4, -0.2) is 20.7 Å². The molecule has 1 heterocycles. The van der Waals surface area contributed by atoms with E-state index in [1.807, 2.05) is 0 Å². The minimum Gasteiger partial charge on any atom is -0.493 e. The van der Waals surface area contributed by atoms with Crippen molar-refractivity contribution in [2.75, 3.05) is 30.9 Å². The number of fused-ring (bicyclic) bond motifs is 1. The van der Waals surface area contributed by atoms with Gasteiger partial charge >= 0.3 is 0 Å². The predicted octanol–water partition coefficient (Wildman–Crippen LogP) is 3.86. The lowest BCUT2D eigenvalue weighted by molar-refractivity contribution is 0.357. The zero-order valence-electron chi connectivity index (χ0n) is 12.9. The standard InChI is InChI=1S/C18H22N2O/c1-13(14-8-9-18-15(12-14)10-11-21-18)19-16-6-4-5-7-17(16)20(2)3/h4-9,12-13,19H,10-11H2,1-3H3. The van der Waals surface area contributed by atoms with E-state index in [9.17, 15) is 0 Å². The molecule has 1 aliphatic rings. The lowest BCUT2D eigenvalue weighted by Gasteiger charge is -2.22. The topological polar surface area (TPSA) is 24.5 Å². The number of benzene rings is 2. The van der Waals surface area contributed by atoms with Gasteiger partial charge in [0.2, 0.25) is 0 Å². The predicted molar refractivity (Wildman–Crippen MR) is 88.4 cm³/mol. The van der Waals surface area contributed by atoms with E-state index in [4.69, 9.17) is 4.74 Å². The van der Waals surface area contributed by atoms with E-state index in [2.05, 4.69) is 73.7 Å². The van der Waals surface area contributed by atoms with E-state index >= 15 is 0 Å². The van der Waals surface area contributed by atoms with Crippen molar-refractivity contribution < 1.29 is 4.74 Å². The third kappa shape index (κ3) is 2.82. The highest BCUT2D eigenvalue weighted by Gasteiger charge is 2.15. The summed E-state index contributed by atoms with van der Waals surface area (Å²) in [6.45, 7) is 3.01. The molecule has 0 bridgehead atoms. The molecule has 0 radical (unpaired) electrons. The maximum absolute atomic E-state index is 5.57. The Morgan fingerprint density at radius 3 is 2.76 bits per heavy atom. The van der Waals surface area contributed by atoms with Crippen LogP contribution in [0, 0.1) is 0 Å². The van der Waals surface area contributed by atoms with Crippen molar-refractivity contribution in [2.45, 2.75) is 19.4 Å². The second kappa shape index (κ2) is 5.68. The fourth-order valence-corrected chi connectivity index (χ4v) is 2.78. The van der Waals surface area contributed by atoms with Gasteiger partial charge in [0, 0.05) is 26.6 Å². The SMILES string of the molecule is CC(Nc1ccccc1N(C)C)c1ccc2c(c1)CCO2. The molecule has 1 unspecified atom stereocenters. The molecule has 0 amide bonds. The lowest BCUT2D eigenvalue weighted by Crippen LogP contribution is -2.14. The minimum atomic E-state index is 0.261. The Morgan fingerprint density at radius 2 is 1.95 bits per heavy atom. The molecule has 110 valence electrons. The largest absolute Gasteiger partial charge is 0.493 e. The highest BCUT2D eigenvalue weighted by Crippen LogP contribution is 2.31. The van der Waals surface area contributed by atoms with Gasteiger partial charge in [0.15, 0.2) is 0 Å².